The summed E-state index contributed by atoms with van der Waals surface area (Å²) in [6, 6.07) is 8.43. The number of rotatable bonds is 8. The Kier molecular flexibility index (Phi) is 7.25. The van der Waals surface area contributed by atoms with Gasteiger partial charge < -0.3 is 20.3 Å². The van der Waals surface area contributed by atoms with Gasteiger partial charge in [0.2, 0.25) is 5.95 Å². The zero-order valence-corrected chi connectivity index (χ0v) is 16.1. The van der Waals surface area contributed by atoms with Gasteiger partial charge >= 0.3 is 5.97 Å². The van der Waals surface area contributed by atoms with Crippen molar-refractivity contribution in [3.8, 4) is 0 Å². The summed E-state index contributed by atoms with van der Waals surface area (Å²) < 4.78 is 4.72. The molecule has 2 rings (SSSR count). The predicted molar refractivity (Wildman–Crippen MR) is 103 cm³/mol. The molecule has 0 spiro atoms. The second-order valence-electron chi connectivity index (χ2n) is 6.33. The first-order valence-corrected chi connectivity index (χ1v) is 8.63. The average Bonchev–Trinajstić information content (AvgIpc) is 2.64. The van der Waals surface area contributed by atoms with E-state index in [0.717, 1.165) is 13.0 Å². The molecule has 0 atom stereocenters. The minimum Gasteiger partial charge on any atom is -0.465 e. The number of hydrogen-bond donors (Lipinski definition) is 2. The maximum absolute atomic E-state index is 12.3. The van der Waals surface area contributed by atoms with Gasteiger partial charge in [0.25, 0.3) is 5.91 Å². The van der Waals surface area contributed by atoms with Crippen LogP contribution in [0.25, 0.3) is 0 Å². The molecule has 8 nitrogen and oxygen atoms in total. The lowest BCUT2D eigenvalue weighted by atomic mass is 10.2. The fourth-order valence-electron chi connectivity index (χ4n) is 2.40. The molecule has 1 aromatic heterocycles. The Morgan fingerprint density at radius 2 is 1.96 bits per heavy atom. The lowest BCUT2D eigenvalue weighted by Gasteiger charge is -2.11. The van der Waals surface area contributed by atoms with Gasteiger partial charge in [0.15, 0.2) is 0 Å². The molecule has 2 aromatic rings. The number of ether oxygens (including phenoxy) is 1. The highest BCUT2D eigenvalue weighted by atomic mass is 16.5. The normalized spacial score (nSPS) is 10.6. The van der Waals surface area contributed by atoms with E-state index in [1.165, 1.54) is 7.11 Å². The predicted octanol–water partition coefficient (Wildman–Crippen LogP) is 2.00. The molecule has 1 aromatic carbocycles. The molecular formula is C19H25N5O3. The number of benzene rings is 1. The van der Waals surface area contributed by atoms with Crippen LogP contribution in [0.2, 0.25) is 0 Å². The smallest absolute Gasteiger partial charge is 0.337 e. The van der Waals surface area contributed by atoms with Gasteiger partial charge in [-0.3, -0.25) is 4.79 Å². The molecule has 8 heteroatoms. The van der Waals surface area contributed by atoms with E-state index in [9.17, 15) is 9.59 Å². The molecule has 0 saturated heterocycles. The van der Waals surface area contributed by atoms with Crippen LogP contribution in [-0.4, -0.2) is 61.0 Å². The van der Waals surface area contributed by atoms with Gasteiger partial charge in [0, 0.05) is 17.9 Å². The second-order valence-corrected chi connectivity index (χ2v) is 6.33. The van der Waals surface area contributed by atoms with Gasteiger partial charge in [-0.25, -0.2) is 14.8 Å². The van der Waals surface area contributed by atoms with Gasteiger partial charge in [-0.15, -0.1) is 0 Å². The molecule has 0 saturated carbocycles. The van der Waals surface area contributed by atoms with Gasteiger partial charge in [0.1, 0.15) is 5.69 Å². The molecular weight excluding hydrogens is 346 g/mol. The fraction of sp³-hybridized carbons (Fsp3) is 0.368. The van der Waals surface area contributed by atoms with Crippen molar-refractivity contribution in [2.24, 2.45) is 0 Å². The Hall–Kier alpha value is -3.00. The van der Waals surface area contributed by atoms with Crippen molar-refractivity contribution in [3.05, 3.63) is 47.3 Å². The van der Waals surface area contributed by atoms with Crippen molar-refractivity contribution in [1.82, 2.24) is 20.2 Å². The van der Waals surface area contributed by atoms with E-state index < -0.39 is 5.97 Å². The summed E-state index contributed by atoms with van der Waals surface area (Å²) in [6.45, 7) is 3.26. The average molecular weight is 371 g/mol. The van der Waals surface area contributed by atoms with Gasteiger partial charge in [-0.1, -0.05) is 6.07 Å². The summed E-state index contributed by atoms with van der Waals surface area (Å²) in [5.41, 5.74) is 1.99. The van der Waals surface area contributed by atoms with E-state index in [1.54, 1.807) is 37.3 Å². The number of esters is 1. The number of aryl methyl sites for hydroxylation is 1. The van der Waals surface area contributed by atoms with Gasteiger partial charge in [-0.2, -0.15) is 0 Å². The Bertz CT molecular complexity index is 808. The third-order valence-electron chi connectivity index (χ3n) is 3.69. The number of amides is 1. The third-order valence-corrected chi connectivity index (χ3v) is 3.69. The third kappa shape index (κ3) is 6.34. The fourth-order valence-corrected chi connectivity index (χ4v) is 2.40. The molecule has 0 aliphatic heterocycles. The van der Waals surface area contributed by atoms with E-state index in [0.29, 0.717) is 29.2 Å². The van der Waals surface area contributed by atoms with E-state index >= 15 is 0 Å². The van der Waals surface area contributed by atoms with Gasteiger partial charge in [-0.05, 0) is 58.3 Å². The molecule has 0 bridgehead atoms. The summed E-state index contributed by atoms with van der Waals surface area (Å²) in [5.74, 6) is -0.386. The molecule has 0 unspecified atom stereocenters. The van der Waals surface area contributed by atoms with Crippen LogP contribution < -0.4 is 10.6 Å². The Balaban J connectivity index is 2.08. The van der Waals surface area contributed by atoms with E-state index in [-0.39, 0.29) is 11.9 Å². The number of methoxy groups -OCH3 is 1. The number of carbonyl (C=O) groups excluding carboxylic acids is 2. The van der Waals surface area contributed by atoms with E-state index in [4.69, 9.17) is 4.74 Å². The number of aromatic nitrogens is 2. The summed E-state index contributed by atoms with van der Waals surface area (Å²) >= 11 is 0. The molecule has 27 heavy (non-hydrogen) atoms. The standard InChI is InChI=1S/C19H25N5O3/c1-13-11-16(17(25)20-9-6-10-24(2)3)23-19(21-13)22-15-8-5-7-14(12-15)18(26)27-4/h5,7-8,11-12H,6,9-10H2,1-4H3,(H,20,25)(H,21,22,23). The van der Waals surface area contributed by atoms with Gasteiger partial charge in [0.05, 0.1) is 12.7 Å². The molecule has 1 amide bonds. The topological polar surface area (TPSA) is 96.4 Å². The number of nitrogens with zero attached hydrogens (tertiary/aromatic N) is 3. The van der Waals surface area contributed by atoms with Crippen molar-refractivity contribution < 1.29 is 14.3 Å². The van der Waals surface area contributed by atoms with Crippen molar-refractivity contribution in [2.45, 2.75) is 13.3 Å². The Labute approximate surface area is 159 Å². The first kappa shape index (κ1) is 20.3. The van der Waals surface area contributed by atoms with E-state index in [1.807, 2.05) is 14.1 Å². The first-order chi connectivity index (χ1) is 12.9. The maximum Gasteiger partial charge on any atom is 0.337 e. The van der Waals surface area contributed by atoms with Crippen LogP contribution in [-0.2, 0) is 4.74 Å². The summed E-state index contributed by atoms with van der Waals surface area (Å²) in [7, 11) is 5.31. The molecule has 144 valence electrons. The molecule has 0 radical (unpaired) electrons. The zero-order valence-electron chi connectivity index (χ0n) is 16.1. The summed E-state index contributed by atoms with van der Waals surface area (Å²) in [5, 5.41) is 5.88. The molecule has 0 fully saturated rings. The first-order valence-electron chi connectivity index (χ1n) is 8.63. The maximum atomic E-state index is 12.3. The molecule has 2 N–H and O–H groups in total. The van der Waals surface area contributed by atoms with Crippen molar-refractivity contribution in [3.63, 3.8) is 0 Å². The highest BCUT2D eigenvalue weighted by Crippen LogP contribution is 2.16. The number of nitrogens with one attached hydrogen (secondary N) is 2. The van der Waals surface area contributed by atoms with Crippen molar-refractivity contribution in [2.75, 3.05) is 39.6 Å². The molecule has 0 aliphatic carbocycles. The highest BCUT2D eigenvalue weighted by Gasteiger charge is 2.11. The molecule has 0 aliphatic rings. The van der Waals surface area contributed by atoms with Crippen molar-refractivity contribution >= 4 is 23.5 Å². The summed E-state index contributed by atoms with van der Waals surface area (Å²) in [4.78, 5) is 34.6. The van der Waals surface area contributed by atoms with E-state index in [2.05, 4.69) is 25.5 Å². The largest absolute Gasteiger partial charge is 0.465 e. The summed E-state index contributed by atoms with van der Waals surface area (Å²) in [6.07, 6.45) is 0.855. The minimum atomic E-state index is -0.429. The van der Waals surface area contributed by atoms with Crippen LogP contribution in [0.3, 0.4) is 0 Å². The number of carbonyl (C=O) groups is 2. The van der Waals surface area contributed by atoms with Crippen LogP contribution in [0, 0.1) is 6.92 Å². The lowest BCUT2D eigenvalue weighted by molar-refractivity contribution is 0.0600. The zero-order chi connectivity index (χ0) is 19.8. The SMILES string of the molecule is COC(=O)c1cccc(Nc2nc(C)cc(C(=O)NCCCN(C)C)n2)c1. The number of hydrogen-bond acceptors (Lipinski definition) is 7. The van der Waals surface area contributed by atoms with Crippen LogP contribution in [0.15, 0.2) is 30.3 Å². The molecule has 1 heterocycles. The lowest BCUT2D eigenvalue weighted by Crippen LogP contribution is -2.28. The van der Waals surface area contributed by atoms with Crippen molar-refractivity contribution in [1.29, 1.82) is 0 Å². The quantitative estimate of drug-likeness (QED) is 0.541. The van der Waals surface area contributed by atoms with Crippen LogP contribution in [0.4, 0.5) is 11.6 Å². The minimum absolute atomic E-state index is 0.245. The second kappa shape index (κ2) is 9.63. The highest BCUT2D eigenvalue weighted by molar-refractivity contribution is 5.93. The monoisotopic (exact) mass is 371 g/mol. The van der Waals surface area contributed by atoms with Crippen LogP contribution in [0.1, 0.15) is 33.0 Å². The van der Waals surface area contributed by atoms with Crippen LogP contribution >= 0.6 is 0 Å². The number of anilines is 2. The Morgan fingerprint density at radius 3 is 2.67 bits per heavy atom. The van der Waals surface area contributed by atoms with Crippen LogP contribution in [0.5, 0.6) is 0 Å². The Morgan fingerprint density at radius 1 is 1.19 bits per heavy atom.